The van der Waals surface area contributed by atoms with Crippen molar-refractivity contribution in [3.05, 3.63) is 27.7 Å². The van der Waals surface area contributed by atoms with E-state index in [1.54, 1.807) is 13.1 Å². The zero-order valence-electron chi connectivity index (χ0n) is 7.36. The number of hydrogen-bond acceptors (Lipinski definition) is 1. The SMILES string of the molecule is Cc1c(C(C)C)cnc(Br)c1F. The highest BCUT2D eigenvalue weighted by atomic mass is 79.9. The van der Waals surface area contributed by atoms with Gasteiger partial charge in [-0.2, -0.15) is 0 Å². The van der Waals surface area contributed by atoms with Gasteiger partial charge in [-0.3, -0.25) is 0 Å². The molecule has 1 aromatic heterocycles. The van der Waals surface area contributed by atoms with Gasteiger partial charge in [-0.15, -0.1) is 0 Å². The first-order valence-corrected chi connectivity index (χ1v) is 4.63. The third kappa shape index (κ3) is 1.66. The normalized spacial score (nSPS) is 10.8. The Bertz CT molecular complexity index is 297. The van der Waals surface area contributed by atoms with Crippen LogP contribution in [0.25, 0.3) is 0 Å². The Morgan fingerprint density at radius 1 is 1.50 bits per heavy atom. The van der Waals surface area contributed by atoms with Gasteiger partial charge in [0.2, 0.25) is 0 Å². The minimum absolute atomic E-state index is 0.249. The van der Waals surface area contributed by atoms with Crippen LogP contribution in [0.5, 0.6) is 0 Å². The first kappa shape index (κ1) is 9.65. The second kappa shape index (κ2) is 3.52. The average Bonchev–Trinajstić information content (AvgIpc) is 2.00. The fourth-order valence-corrected chi connectivity index (χ4v) is 1.54. The molecule has 12 heavy (non-hydrogen) atoms. The van der Waals surface area contributed by atoms with Crippen LogP contribution < -0.4 is 0 Å². The Balaban J connectivity index is 3.27. The van der Waals surface area contributed by atoms with Crippen molar-refractivity contribution < 1.29 is 4.39 Å². The van der Waals surface area contributed by atoms with Gasteiger partial charge in [0, 0.05) is 6.20 Å². The number of rotatable bonds is 1. The first-order valence-electron chi connectivity index (χ1n) is 3.84. The van der Waals surface area contributed by atoms with Crippen molar-refractivity contribution in [2.24, 2.45) is 0 Å². The topological polar surface area (TPSA) is 12.9 Å². The van der Waals surface area contributed by atoms with Gasteiger partial charge in [0.25, 0.3) is 0 Å². The van der Waals surface area contributed by atoms with Crippen LogP contribution in [0.1, 0.15) is 30.9 Å². The molecular formula is C9H11BrFN. The second-order valence-electron chi connectivity index (χ2n) is 3.10. The Labute approximate surface area is 80.1 Å². The molecule has 0 amide bonds. The molecule has 0 spiro atoms. The zero-order chi connectivity index (χ0) is 9.30. The lowest BCUT2D eigenvalue weighted by Gasteiger charge is -2.09. The van der Waals surface area contributed by atoms with Gasteiger partial charge in [0.1, 0.15) is 4.60 Å². The molecule has 3 heteroatoms. The third-order valence-corrected chi connectivity index (χ3v) is 2.44. The number of pyridine rings is 1. The molecular weight excluding hydrogens is 221 g/mol. The predicted octanol–water partition coefficient (Wildman–Crippen LogP) is 3.42. The maximum atomic E-state index is 13.2. The van der Waals surface area contributed by atoms with Crippen LogP contribution in [-0.2, 0) is 0 Å². The summed E-state index contributed by atoms with van der Waals surface area (Å²) in [5, 5.41) is 0. The highest BCUT2D eigenvalue weighted by molar-refractivity contribution is 9.10. The van der Waals surface area contributed by atoms with Gasteiger partial charge in [-0.1, -0.05) is 13.8 Å². The zero-order valence-corrected chi connectivity index (χ0v) is 8.94. The summed E-state index contributed by atoms with van der Waals surface area (Å²) in [6.45, 7) is 5.83. The summed E-state index contributed by atoms with van der Waals surface area (Å²) in [6, 6.07) is 0. The van der Waals surface area contributed by atoms with Crippen molar-refractivity contribution in [3.63, 3.8) is 0 Å². The maximum Gasteiger partial charge on any atom is 0.159 e. The van der Waals surface area contributed by atoms with Gasteiger partial charge in [0.15, 0.2) is 5.82 Å². The average molecular weight is 232 g/mol. The van der Waals surface area contributed by atoms with Crippen LogP contribution in [0.4, 0.5) is 4.39 Å². The Hall–Kier alpha value is -0.440. The molecule has 0 atom stereocenters. The van der Waals surface area contributed by atoms with Crippen LogP contribution in [0.15, 0.2) is 10.8 Å². The number of halogens is 2. The number of aromatic nitrogens is 1. The van der Waals surface area contributed by atoms with Crippen molar-refractivity contribution in [2.45, 2.75) is 26.7 Å². The van der Waals surface area contributed by atoms with E-state index in [9.17, 15) is 4.39 Å². The van der Waals surface area contributed by atoms with Gasteiger partial charge >= 0.3 is 0 Å². The highest BCUT2D eigenvalue weighted by Crippen LogP contribution is 2.23. The molecule has 1 rings (SSSR count). The largest absolute Gasteiger partial charge is 0.246 e. The van der Waals surface area contributed by atoms with Gasteiger partial charge < -0.3 is 0 Å². The number of nitrogens with zero attached hydrogens (tertiary/aromatic N) is 1. The van der Waals surface area contributed by atoms with Crippen LogP contribution in [0.2, 0.25) is 0 Å². The third-order valence-electron chi connectivity index (χ3n) is 1.88. The van der Waals surface area contributed by atoms with Crippen molar-refractivity contribution >= 4 is 15.9 Å². The first-order chi connectivity index (χ1) is 5.54. The van der Waals surface area contributed by atoms with Crippen LogP contribution in [0.3, 0.4) is 0 Å². The molecule has 0 aliphatic rings. The van der Waals surface area contributed by atoms with Crippen molar-refractivity contribution in [1.29, 1.82) is 0 Å². The lowest BCUT2D eigenvalue weighted by atomic mass is 10.0. The summed E-state index contributed by atoms with van der Waals surface area (Å²) in [5.41, 5.74) is 1.66. The molecule has 0 bridgehead atoms. The minimum Gasteiger partial charge on any atom is -0.246 e. The van der Waals surface area contributed by atoms with Gasteiger partial charge in [-0.05, 0) is 39.9 Å². The fourth-order valence-electron chi connectivity index (χ4n) is 1.14. The predicted molar refractivity (Wildman–Crippen MR) is 50.7 cm³/mol. The summed E-state index contributed by atoms with van der Waals surface area (Å²) in [6.07, 6.45) is 1.72. The van der Waals surface area contributed by atoms with Gasteiger partial charge in [0.05, 0.1) is 0 Å². The monoisotopic (exact) mass is 231 g/mol. The fraction of sp³-hybridized carbons (Fsp3) is 0.444. The molecule has 66 valence electrons. The van der Waals surface area contributed by atoms with Crippen LogP contribution in [0, 0.1) is 12.7 Å². The molecule has 1 aromatic rings. The Kier molecular flexibility index (Phi) is 2.83. The molecule has 0 aliphatic heterocycles. The quantitative estimate of drug-likeness (QED) is 0.676. The molecule has 0 fully saturated rings. The Morgan fingerprint density at radius 3 is 2.58 bits per heavy atom. The lowest BCUT2D eigenvalue weighted by Crippen LogP contribution is -1.98. The second-order valence-corrected chi connectivity index (χ2v) is 3.85. The van der Waals surface area contributed by atoms with E-state index in [-0.39, 0.29) is 5.82 Å². The van der Waals surface area contributed by atoms with E-state index in [1.807, 2.05) is 13.8 Å². The van der Waals surface area contributed by atoms with Crippen LogP contribution in [-0.4, -0.2) is 4.98 Å². The number of hydrogen-bond donors (Lipinski definition) is 0. The molecule has 0 saturated heterocycles. The van der Waals surface area contributed by atoms with E-state index < -0.39 is 0 Å². The minimum atomic E-state index is -0.249. The molecule has 0 N–H and O–H groups in total. The maximum absolute atomic E-state index is 13.2. The summed E-state index contributed by atoms with van der Waals surface area (Å²) in [5.74, 6) is 0.0706. The van der Waals surface area contributed by atoms with E-state index in [2.05, 4.69) is 20.9 Å². The standard InChI is InChI=1S/C9H11BrFN/c1-5(2)7-4-12-9(10)8(11)6(7)3/h4-5H,1-3H3. The summed E-state index contributed by atoms with van der Waals surface area (Å²) in [4.78, 5) is 3.90. The highest BCUT2D eigenvalue weighted by Gasteiger charge is 2.10. The molecule has 0 aliphatic carbocycles. The molecule has 0 unspecified atom stereocenters. The van der Waals surface area contributed by atoms with Gasteiger partial charge in [-0.25, -0.2) is 9.37 Å². The van der Waals surface area contributed by atoms with Crippen LogP contribution >= 0.6 is 15.9 Å². The van der Waals surface area contributed by atoms with E-state index >= 15 is 0 Å². The molecule has 0 aromatic carbocycles. The van der Waals surface area contributed by atoms with Crippen molar-refractivity contribution in [2.75, 3.05) is 0 Å². The molecule has 0 saturated carbocycles. The summed E-state index contributed by atoms with van der Waals surface area (Å²) < 4.78 is 13.5. The Morgan fingerprint density at radius 2 is 2.08 bits per heavy atom. The molecule has 0 radical (unpaired) electrons. The van der Waals surface area contributed by atoms with Crippen molar-refractivity contribution in [1.82, 2.24) is 4.98 Å². The van der Waals surface area contributed by atoms with E-state index in [0.717, 1.165) is 5.56 Å². The summed E-state index contributed by atoms with van der Waals surface area (Å²) >= 11 is 3.04. The van der Waals surface area contributed by atoms with E-state index in [0.29, 0.717) is 16.1 Å². The van der Waals surface area contributed by atoms with Crippen molar-refractivity contribution in [3.8, 4) is 0 Å². The van der Waals surface area contributed by atoms with E-state index in [1.165, 1.54) is 0 Å². The molecule has 1 heterocycles. The summed E-state index contributed by atoms with van der Waals surface area (Å²) in [7, 11) is 0. The lowest BCUT2D eigenvalue weighted by molar-refractivity contribution is 0.596. The smallest absolute Gasteiger partial charge is 0.159 e. The molecule has 1 nitrogen and oxygen atoms in total. The van der Waals surface area contributed by atoms with E-state index in [4.69, 9.17) is 0 Å².